The van der Waals surface area contributed by atoms with Crippen LogP contribution in [0.5, 0.6) is 0 Å². The van der Waals surface area contributed by atoms with E-state index in [1.165, 1.54) is 4.90 Å². The lowest BCUT2D eigenvalue weighted by Gasteiger charge is -2.27. The van der Waals surface area contributed by atoms with Crippen LogP contribution in [0.25, 0.3) is 10.8 Å². The van der Waals surface area contributed by atoms with Crippen molar-refractivity contribution in [3.05, 3.63) is 64.7 Å². The summed E-state index contributed by atoms with van der Waals surface area (Å²) in [5.41, 5.74) is 1.18. The molecule has 0 aliphatic carbocycles. The van der Waals surface area contributed by atoms with Gasteiger partial charge in [0, 0.05) is 46.5 Å². The molecule has 1 aliphatic heterocycles. The van der Waals surface area contributed by atoms with E-state index < -0.39 is 0 Å². The molecule has 0 N–H and O–H groups in total. The van der Waals surface area contributed by atoms with Gasteiger partial charge in [0.25, 0.3) is 11.8 Å². The Morgan fingerprint density at radius 3 is 2.54 bits per heavy atom. The monoisotopic (exact) mass is 383 g/mol. The van der Waals surface area contributed by atoms with E-state index in [0.717, 1.165) is 15.2 Å². The molecule has 2 aromatic carbocycles. The summed E-state index contributed by atoms with van der Waals surface area (Å²) in [5, 5.41) is 1.64. The first-order chi connectivity index (χ1) is 11.7. The minimum atomic E-state index is -0.221. The second kappa shape index (κ2) is 5.87. The smallest absolute Gasteiger partial charge is 0.261 e. The molecule has 1 aromatic heterocycles. The molecule has 0 saturated carbocycles. The van der Waals surface area contributed by atoms with Crippen LogP contribution in [-0.2, 0) is 6.54 Å². The molecule has 0 saturated heterocycles. The lowest BCUT2D eigenvalue weighted by Crippen LogP contribution is -2.41. The highest BCUT2D eigenvalue weighted by Gasteiger charge is 2.32. The molecule has 0 radical (unpaired) electrons. The number of benzene rings is 2. The lowest BCUT2D eigenvalue weighted by atomic mass is 9.94. The van der Waals surface area contributed by atoms with Crippen LogP contribution in [0, 0.1) is 0 Å². The Balaban J connectivity index is 1.66. The number of aromatic nitrogens is 2. The predicted octanol–water partition coefficient (Wildman–Crippen LogP) is 3.49. The second-order valence-electron chi connectivity index (χ2n) is 5.74. The molecule has 4 rings (SSSR count). The largest absolute Gasteiger partial charge is 0.337 e. The van der Waals surface area contributed by atoms with Crippen LogP contribution < -0.4 is 0 Å². The van der Waals surface area contributed by atoms with Crippen molar-refractivity contribution in [3.8, 4) is 0 Å². The van der Waals surface area contributed by atoms with Gasteiger partial charge in [0.2, 0.25) is 0 Å². The Kier molecular flexibility index (Phi) is 3.69. The van der Waals surface area contributed by atoms with E-state index in [4.69, 9.17) is 0 Å². The second-order valence-corrected chi connectivity index (χ2v) is 6.59. The number of hydrogen-bond acceptors (Lipinski definition) is 3. The number of imidazole rings is 1. The summed E-state index contributed by atoms with van der Waals surface area (Å²) in [7, 11) is 0. The zero-order chi connectivity index (χ0) is 16.7. The number of nitrogens with zero attached hydrogens (tertiary/aromatic N) is 3. The number of carbonyl (C=O) groups excluding carboxylic acids is 2. The molecule has 2 amide bonds. The summed E-state index contributed by atoms with van der Waals surface area (Å²) in [6, 6.07) is 9.20. The zero-order valence-corrected chi connectivity index (χ0v) is 14.4. The van der Waals surface area contributed by atoms with Crippen molar-refractivity contribution < 1.29 is 9.59 Å². The minimum Gasteiger partial charge on any atom is -0.337 e. The van der Waals surface area contributed by atoms with Crippen LogP contribution in [-0.4, -0.2) is 32.8 Å². The molecular weight excluding hydrogens is 370 g/mol. The molecule has 5 nitrogen and oxygen atoms in total. The third kappa shape index (κ3) is 2.34. The van der Waals surface area contributed by atoms with E-state index >= 15 is 0 Å². The van der Waals surface area contributed by atoms with Crippen LogP contribution in [0.1, 0.15) is 27.1 Å². The molecule has 6 heteroatoms. The van der Waals surface area contributed by atoms with Crippen molar-refractivity contribution in [1.82, 2.24) is 14.5 Å². The van der Waals surface area contributed by atoms with Gasteiger partial charge >= 0.3 is 0 Å². The molecule has 0 fully saturated rings. The van der Waals surface area contributed by atoms with Crippen molar-refractivity contribution >= 4 is 38.5 Å². The Morgan fingerprint density at radius 1 is 1.00 bits per heavy atom. The maximum absolute atomic E-state index is 12.8. The first kappa shape index (κ1) is 15.1. The van der Waals surface area contributed by atoms with Gasteiger partial charge in [0.05, 0.1) is 6.33 Å². The number of aryl methyl sites for hydroxylation is 1. The highest BCUT2D eigenvalue weighted by Crippen LogP contribution is 2.34. The Labute approximate surface area is 147 Å². The van der Waals surface area contributed by atoms with E-state index in [-0.39, 0.29) is 11.8 Å². The van der Waals surface area contributed by atoms with Gasteiger partial charge in [-0.3, -0.25) is 14.5 Å². The van der Waals surface area contributed by atoms with Gasteiger partial charge in [0.15, 0.2) is 0 Å². The topological polar surface area (TPSA) is 55.2 Å². The zero-order valence-electron chi connectivity index (χ0n) is 12.8. The fourth-order valence-corrected chi connectivity index (χ4v) is 3.61. The average molecular weight is 384 g/mol. The van der Waals surface area contributed by atoms with E-state index in [2.05, 4.69) is 20.9 Å². The standard InChI is InChI=1S/C18H14BrN3O2/c19-15-6-5-14-16-12(15)3-1-4-13(16)17(23)22(18(14)24)9-2-8-21-10-7-20-11-21/h1,3-7,10-11H,2,8-9H2. The maximum atomic E-state index is 12.8. The summed E-state index contributed by atoms with van der Waals surface area (Å²) in [6.07, 6.45) is 6.00. The molecule has 0 spiro atoms. The van der Waals surface area contributed by atoms with Crippen molar-refractivity contribution in [1.29, 1.82) is 0 Å². The van der Waals surface area contributed by atoms with Crippen molar-refractivity contribution in [2.24, 2.45) is 0 Å². The molecule has 120 valence electrons. The molecule has 1 aliphatic rings. The first-order valence-electron chi connectivity index (χ1n) is 7.70. The van der Waals surface area contributed by atoms with Crippen molar-refractivity contribution in [2.45, 2.75) is 13.0 Å². The summed E-state index contributed by atoms with van der Waals surface area (Å²) in [5.74, 6) is -0.441. The maximum Gasteiger partial charge on any atom is 0.261 e. The number of hydrogen-bond donors (Lipinski definition) is 0. The van der Waals surface area contributed by atoms with Crippen molar-refractivity contribution in [2.75, 3.05) is 6.54 Å². The molecule has 0 atom stereocenters. The Bertz CT molecular complexity index is 928. The molecule has 24 heavy (non-hydrogen) atoms. The number of amides is 2. The molecule has 0 bridgehead atoms. The van der Waals surface area contributed by atoms with Gasteiger partial charge in [-0.25, -0.2) is 4.98 Å². The predicted molar refractivity (Wildman–Crippen MR) is 93.9 cm³/mol. The van der Waals surface area contributed by atoms with Crippen LogP contribution in [0.4, 0.5) is 0 Å². The van der Waals surface area contributed by atoms with E-state index in [1.54, 1.807) is 24.7 Å². The molecule has 0 unspecified atom stereocenters. The SMILES string of the molecule is O=C1c2cccc3c(Br)ccc(c23)C(=O)N1CCCn1ccnc1. The van der Waals surface area contributed by atoms with Gasteiger partial charge in [0.1, 0.15) is 0 Å². The van der Waals surface area contributed by atoms with Gasteiger partial charge in [-0.2, -0.15) is 0 Å². The minimum absolute atomic E-state index is 0.221. The lowest BCUT2D eigenvalue weighted by molar-refractivity contribution is 0.0607. The van der Waals surface area contributed by atoms with Gasteiger partial charge in [-0.05, 0) is 30.0 Å². The number of rotatable bonds is 4. The van der Waals surface area contributed by atoms with Gasteiger partial charge < -0.3 is 4.57 Å². The quantitative estimate of drug-likeness (QED) is 0.648. The van der Waals surface area contributed by atoms with Crippen LogP contribution in [0.3, 0.4) is 0 Å². The number of carbonyl (C=O) groups is 2. The summed E-state index contributed by atoms with van der Waals surface area (Å²) in [6.45, 7) is 1.11. The van der Waals surface area contributed by atoms with Crippen LogP contribution in [0.2, 0.25) is 0 Å². The highest BCUT2D eigenvalue weighted by molar-refractivity contribution is 9.10. The Morgan fingerprint density at radius 2 is 1.79 bits per heavy atom. The fourth-order valence-electron chi connectivity index (χ4n) is 3.14. The molecule has 3 aromatic rings. The number of imide groups is 1. The normalized spacial score (nSPS) is 13.8. The molecular formula is C18H14BrN3O2. The van der Waals surface area contributed by atoms with E-state index in [0.29, 0.717) is 30.6 Å². The molecule has 2 heterocycles. The van der Waals surface area contributed by atoms with Crippen LogP contribution in [0.15, 0.2) is 53.5 Å². The van der Waals surface area contributed by atoms with Gasteiger partial charge in [-0.1, -0.05) is 28.1 Å². The summed E-state index contributed by atoms with van der Waals surface area (Å²) in [4.78, 5) is 30.9. The highest BCUT2D eigenvalue weighted by atomic mass is 79.9. The van der Waals surface area contributed by atoms with Crippen LogP contribution >= 0.6 is 15.9 Å². The van der Waals surface area contributed by atoms with E-state index in [9.17, 15) is 9.59 Å². The van der Waals surface area contributed by atoms with Crippen molar-refractivity contribution in [3.63, 3.8) is 0 Å². The van der Waals surface area contributed by atoms with Gasteiger partial charge in [-0.15, -0.1) is 0 Å². The Hall–Kier alpha value is -2.47. The fraction of sp³-hybridized carbons (Fsp3) is 0.167. The number of halogens is 1. The van der Waals surface area contributed by atoms with E-state index in [1.807, 2.05) is 29.0 Å². The average Bonchev–Trinajstić information content (AvgIpc) is 3.10. The summed E-state index contributed by atoms with van der Waals surface area (Å²) < 4.78 is 2.82. The third-order valence-electron chi connectivity index (χ3n) is 4.30. The third-order valence-corrected chi connectivity index (χ3v) is 4.99. The summed E-state index contributed by atoms with van der Waals surface area (Å²) >= 11 is 3.49. The first-order valence-corrected chi connectivity index (χ1v) is 8.49.